The Hall–Kier alpha value is -2.90. The number of carbonyl (C=O) groups is 1. The molecular formula is C42H55ClN2O3S. The van der Waals surface area contributed by atoms with Gasteiger partial charge in [-0.15, -0.1) is 0 Å². The number of carboxylic acid groups (broad SMARTS) is 1. The van der Waals surface area contributed by atoms with Gasteiger partial charge in [0.25, 0.3) is 0 Å². The third kappa shape index (κ3) is 12.1. The minimum Gasteiger partial charge on any atom is -0.550 e. The lowest BCUT2D eigenvalue weighted by Crippen LogP contribution is -2.26. The summed E-state index contributed by atoms with van der Waals surface area (Å²) in [4.78, 5) is 16.2. The number of aryl methyl sites for hydroxylation is 3. The molecule has 3 aromatic carbocycles. The third-order valence-electron chi connectivity index (χ3n) is 9.87. The standard InChI is InChI=1S/C35H38ClNO3S.C7H14.H3N/c1-34(2,40)30-9-4-3-7-25(30)13-17-32(41-23-35(18-19-35)22-33(38)39)27-8-5-6-24(20-27)10-15-29-16-12-26-11-14-28(36)21-31(26)37-29;1-2-4-6-7-5-3-1;/h3-9,11-12,14,16,20-21,32,40H,10,13,15,17-19,22-23H2,1-2H3,(H,38,39);1-7H2;1H3/t32-;;/m1../s1. The van der Waals surface area contributed by atoms with Crippen molar-refractivity contribution in [1.82, 2.24) is 11.1 Å². The minimum atomic E-state index is -0.953. The zero-order chi connectivity index (χ0) is 34.0. The van der Waals surface area contributed by atoms with Crippen molar-refractivity contribution in [3.8, 4) is 0 Å². The molecule has 2 saturated carbocycles. The summed E-state index contributed by atoms with van der Waals surface area (Å²) < 4.78 is 0. The molecule has 2 aliphatic carbocycles. The fourth-order valence-electron chi connectivity index (χ4n) is 6.83. The van der Waals surface area contributed by atoms with E-state index in [9.17, 15) is 15.0 Å². The molecule has 0 unspecified atom stereocenters. The lowest BCUT2D eigenvalue weighted by atomic mass is 9.90. The number of thioether (sulfide) groups is 1. The highest BCUT2D eigenvalue weighted by Crippen LogP contribution is 2.53. The predicted octanol–water partition coefficient (Wildman–Crippen LogP) is 10.3. The SMILES string of the molecule is C1CCCCCC1.CC(C)(O)c1ccccc1CC[C@@H](SCC1(CC(=O)[O-])CC1)c1cccc(CCc2ccc3ccc(Cl)cc3n2)c1.[NH4+]. The van der Waals surface area contributed by atoms with E-state index in [1.807, 2.05) is 62.0 Å². The summed E-state index contributed by atoms with van der Waals surface area (Å²) in [5, 5.41) is 24.1. The lowest BCUT2D eigenvalue weighted by Gasteiger charge is -2.25. The van der Waals surface area contributed by atoms with Crippen LogP contribution in [0.2, 0.25) is 5.02 Å². The molecule has 7 heteroatoms. The zero-order valence-corrected chi connectivity index (χ0v) is 31.3. The van der Waals surface area contributed by atoms with Crippen molar-refractivity contribution in [3.63, 3.8) is 0 Å². The Bertz CT molecular complexity index is 1630. The second-order valence-electron chi connectivity index (χ2n) is 14.5. The summed E-state index contributed by atoms with van der Waals surface area (Å²) in [7, 11) is 0. The minimum absolute atomic E-state index is 0. The highest BCUT2D eigenvalue weighted by atomic mass is 35.5. The number of halogens is 1. The van der Waals surface area contributed by atoms with Crippen molar-refractivity contribution in [1.29, 1.82) is 0 Å². The normalized spacial score (nSPS) is 16.1. The molecule has 0 radical (unpaired) electrons. The van der Waals surface area contributed by atoms with Gasteiger partial charge in [-0.05, 0) is 110 Å². The number of benzene rings is 3. The monoisotopic (exact) mass is 702 g/mol. The van der Waals surface area contributed by atoms with Gasteiger partial charge in [-0.3, -0.25) is 4.98 Å². The van der Waals surface area contributed by atoms with Gasteiger partial charge in [0.05, 0.1) is 11.1 Å². The van der Waals surface area contributed by atoms with Crippen LogP contribution in [0.15, 0.2) is 78.9 Å². The third-order valence-corrected chi connectivity index (χ3v) is 11.8. The first-order valence-corrected chi connectivity index (χ1v) is 19.3. The van der Waals surface area contributed by atoms with E-state index in [0.29, 0.717) is 5.02 Å². The number of carboxylic acids is 1. The van der Waals surface area contributed by atoms with E-state index in [4.69, 9.17) is 16.6 Å². The number of nitrogens with zero attached hydrogens (tertiary/aromatic N) is 1. The maximum Gasteiger partial charge on any atom is 0.0843 e. The van der Waals surface area contributed by atoms with Gasteiger partial charge in [0.15, 0.2) is 0 Å². The molecule has 0 saturated heterocycles. The fourth-order valence-corrected chi connectivity index (χ4v) is 8.57. The second-order valence-corrected chi connectivity index (χ2v) is 16.1. The first-order chi connectivity index (χ1) is 23.1. The number of quaternary nitrogens is 1. The maximum absolute atomic E-state index is 11.4. The average Bonchev–Trinajstić information content (AvgIpc) is 3.88. The number of aliphatic hydroxyl groups is 1. The smallest absolute Gasteiger partial charge is 0.0843 e. The van der Waals surface area contributed by atoms with Gasteiger partial charge in [-0.2, -0.15) is 11.8 Å². The van der Waals surface area contributed by atoms with Crippen LogP contribution >= 0.6 is 23.4 Å². The van der Waals surface area contributed by atoms with Gasteiger partial charge in [-0.25, -0.2) is 0 Å². The topological polar surface area (TPSA) is 110 Å². The Morgan fingerprint density at radius 2 is 1.57 bits per heavy atom. The number of carbonyl (C=O) groups excluding carboxylic acids is 1. The van der Waals surface area contributed by atoms with E-state index < -0.39 is 11.6 Å². The van der Waals surface area contributed by atoms with Crippen LogP contribution in [0, 0.1) is 5.41 Å². The molecule has 1 aromatic heterocycles. The molecule has 0 aliphatic heterocycles. The molecule has 5 N–H and O–H groups in total. The van der Waals surface area contributed by atoms with E-state index in [1.165, 1.54) is 56.1 Å². The van der Waals surface area contributed by atoms with Crippen LogP contribution in [-0.4, -0.2) is 21.8 Å². The van der Waals surface area contributed by atoms with Crippen LogP contribution in [0.3, 0.4) is 0 Å². The van der Waals surface area contributed by atoms with Crippen molar-refractivity contribution in [3.05, 3.63) is 112 Å². The Morgan fingerprint density at radius 1 is 0.898 bits per heavy atom. The number of fused-ring (bicyclic) bond motifs is 1. The molecule has 2 aliphatic rings. The number of hydrogen-bond acceptors (Lipinski definition) is 5. The molecule has 1 heterocycles. The molecule has 2 fully saturated rings. The average molecular weight is 703 g/mol. The molecule has 0 bridgehead atoms. The van der Waals surface area contributed by atoms with E-state index in [-0.39, 0.29) is 23.2 Å². The summed E-state index contributed by atoms with van der Waals surface area (Å²) >= 11 is 8.05. The van der Waals surface area contributed by atoms with Gasteiger partial charge >= 0.3 is 0 Å². The molecule has 6 rings (SSSR count). The first-order valence-electron chi connectivity index (χ1n) is 17.9. The highest BCUT2D eigenvalue weighted by molar-refractivity contribution is 7.99. The molecule has 49 heavy (non-hydrogen) atoms. The van der Waals surface area contributed by atoms with E-state index in [0.717, 1.165) is 72.0 Å². The molecule has 4 aromatic rings. The largest absolute Gasteiger partial charge is 0.550 e. The van der Waals surface area contributed by atoms with Crippen LogP contribution < -0.4 is 11.3 Å². The number of aromatic nitrogens is 1. The van der Waals surface area contributed by atoms with Gasteiger partial charge in [-0.1, -0.05) is 117 Å². The molecule has 0 amide bonds. The summed E-state index contributed by atoms with van der Waals surface area (Å²) in [5.41, 5.74) is 5.54. The summed E-state index contributed by atoms with van der Waals surface area (Å²) in [6.07, 6.45) is 16.0. The van der Waals surface area contributed by atoms with Crippen molar-refractivity contribution in [2.24, 2.45) is 5.41 Å². The fraction of sp³-hybridized carbons (Fsp3) is 0.476. The van der Waals surface area contributed by atoms with Crippen LogP contribution in [-0.2, 0) is 29.7 Å². The van der Waals surface area contributed by atoms with Gasteiger partial charge in [0.1, 0.15) is 0 Å². The van der Waals surface area contributed by atoms with Crippen molar-refractivity contribution in [2.75, 3.05) is 5.75 Å². The Labute approximate surface area is 302 Å². The number of aliphatic carboxylic acids is 1. The van der Waals surface area contributed by atoms with Crippen molar-refractivity contribution in [2.45, 2.75) is 115 Å². The Kier molecular flexibility index (Phi) is 14.6. The number of rotatable bonds is 13. The van der Waals surface area contributed by atoms with E-state index >= 15 is 0 Å². The van der Waals surface area contributed by atoms with E-state index in [2.05, 4.69) is 42.5 Å². The van der Waals surface area contributed by atoms with E-state index in [1.54, 1.807) is 0 Å². The first kappa shape index (κ1) is 38.9. The van der Waals surface area contributed by atoms with Gasteiger partial charge < -0.3 is 21.2 Å². The quantitative estimate of drug-likeness (QED) is 0.135. The van der Waals surface area contributed by atoms with Crippen LogP contribution in [0.25, 0.3) is 10.9 Å². The van der Waals surface area contributed by atoms with Gasteiger partial charge in [0.2, 0.25) is 0 Å². The van der Waals surface area contributed by atoms with Gasteiger partial charge in [0, 0.05) is 27.3 Å². The zero-order valence-electron chi connectivity index (χ0n) is 29.7. The van der Waals surface area contributed by atoms with Crippen LogP contribution in [0.5, 0.6) is 0 Å². The molecule has 0 spiro atoms. The Morgan fingerprint density at radius 3 is 2.22 bits per heavy atom. The highest BCUT2D eigenvalue weighted by Gasteiger charge is 2.42. The summed E-state index contributed by atoms with van der Waals surface area (Å²) in [6.45, 7) is 3.66. The number of pyridine rings is 1. The summed E-state index contributed by atoms with van der Waals surface area (Å²) in [5.74, 6) is -0.141. The number of hydrogen-bond donors (Lipinski definition) is 2. The molecule has 264 valence electrons. The maximum atomic E-state index is 11.4. The molecule has 1 atom stereocenters. The molecular weight excluding hydrogens is 648 g/mol. The second kappa shape index (κ2) is 18.4. The van der Waals surface area contributed by atoms with Crippen molar-refractivity contribution >= 4 is 40.2 Å². The summed E-state index contributed by atoms with van der Waals surface area (Å²) in [6, 6.07) is 26.9. The molecule has 5 nitrogen and oxygen atoms in total. The van der Waals surface area contributed by atoms with Crippen LogP contribution in [0.1, 0.15) is 118 Å². The Balaban J connectivity index is 0.000000602. The van der Waals surface area contributed by atoms with Crippen LogP contribution in [0.4, 0.5) is 0 Å². The lowest BCUT2D eigenvalue weighted by molar-refractivity contribution is -0.307. The predicted molar refractivity (Wildman–Crippen MR) is 205 cm³/mol. The van der Waals surface area contributed by atoms with Crippen molar-refractivity contribution < 1.29 is 15.0 Å².